The molecule has 0 bridgehead atoms. The van der Waals surface area contributed by atoms with E-state index in [4.69, 9.17) is 4.74 Å². The monoisotopic (exact) mass is 409 g/mol. The first kappa shape index (κ1) is 18.8. The van der Waals surface area contributed by atoms with Gasteiger partial charge in [-0.15, -0.1) is 0 Å². The average molecular weight is 410 g/mol. The van der Waals surface area contributed by atoms with Gasteiger partial charge in [0.15, 0.2) is 6.20 Å². The molecule has 2 aromatic carbocycles. The molecule has 2 aliphatic rings. The van der Waals surface area contributed by atoms with Gasteiger partial charge in [-0.25, -0.2) is 4.57 Å². The smallest absolute Gasteiger partial charge is 0.228 e. The second-order valence-corrected chi connectivity index (χ2v) is 10.3. The van der Waals surface area contributed by atoms with Crippen LogP contribution in [0.4, 0.5) is 0 Å². The molecule has 3 heterocycles. The van der Waals surface area contributed by atoms with Crippen molar-refractivity contribution in [2.45, 2.75) is 52.4 Å². The lowest BCUT2D eigenvalue weighted by molar-refractivity contribution is -0.659. The summed E-state index contributed by atoms with van der Waals surface area (Å²) in [7, 11) is 2.14. The van der Waals surface area contributed by atoms with Crippen LogP contribution in [0.1, 0.15) is 56.6 Å². The maximum atomic E-state index is 6.62. The number of hydrogen-bond donors (Lipinski definition) is 0. The van der Waals surface area contributed by atoms with Gasteiger partial charge in [-0.2, -0.15) is 0 Å². The van der Waals surface area contributed by atoms with Crippen molar-refractivity contribution in [3.63, 3.8) is 0 Å². The molecule has 3 nitrogen and oxygen atoms in total. The van der Waals surface area contributed by atoms with E-state index in [2.05, 4.69) is 73.9 Å². The summed E-state index contributed by atoms with van der Waals surface area (Å²) < 4.78 is 8.87. The first-order valence-corrected chi connectivity index (χ1v) is 11.4. The highest BCUT2D eigenvalue weighted by Crippen LogP contribution is 2.50. The van der Waals surface area contributed by atoms with Crippen molar-refractivity contribution in [3.05, 3.63) is 60.0 Å². The Morgan fingerprint density at radius 1 is 1.03 bits per heavy atom. The molecule has 3 heteroatoms. The van der Waals surface area contributed by atoms with E-state index in [0.29, 0.717) is 11.3 Å². The van der Waals surface area contributed by atoms with E-state index < -0.39 is 0 Å². The molecule has 0 amide bonds. The third-order valence-corrected chi connectivity index (χ3v) is 7.65. The topological polar surface area (TPSA) is 26.0 Å². The fraction of sp³-hybridized carbons (Fsp3) is 0.357. The number of pyridine rings is 2. The van der Waals surface area contributed by atoms with Gasteiger partial charge in [-0.1, -0.05) is 19.9 Å². The summed E-state index contributed by atoms with van der Waals surface area (Å²) in [5.74, 6) is 2.56. The summed E-state index contributed by atoms with van der Waals surface area (Å²) in [5.41, 5.74) is 5.61. The number of fused-ring (bicyclic) bond motifs is 3. The van der Waals surface area contributed by atoms with Crippen LogP contribution in [-0.4, -0.2) is 4.98 Å². The van der Waals surface area contributed by atoms with Crippen molar-refractivity contribution in [2.75, 3.05) is 0 Å². The SMILES string of the molecule is Cc1c2c(cc3cnccc13)Oc1cc(C3CCC(C)(C)CC3)cc3cc[n+](C)c-2c13. The lowest BCUT2D eigenvalue weighted by Gasteiger charge is -2.35. The van der Waals surface area contributed by atoms with Crippen LogP contribution < -0.4 is 9.30 Å². The molecule has 1 aliphatic heterocycles. The van der Waals surface area contributed by atoms with Crippen LogP contribution in [0.2, 0.25) is 0 Å². The molecule has 0 N–H and O–H groups in total. The molecule has 156 valence electrons. The second kappa shape index (κ2) is 6.53. The minimum atomic E-state index is 0.477. The van der Waals surface area contributed by atoms with Crippen LogP contribution >= 0.6 is 0 Å². The fourth-order valence-electron chi connectivity index (χ4n) is 5.73. The Hall–Kier alpha value is -2.94. The number of ether oxygens (including phenoxy) is 1. The van der Waals surface area contributed by atoms with E-state index in [9.17, 15) is 0 Å². The van der Waals surface area contributed by atoms with Crippen molar-refractivity contribution >= 4 is 21.5 Å². The quantitative estimate of drug-likeness (QED) is 0.279. The van der Waals surface area contributed by atoms with Gasteiger partial charge in [0.1, 0.15) is 18.5 Å². The molecule has 0 saturated heterocycles. The third-order valence-electron chi connectivity index (χ3n) is 7.65. The summed E-state index contributed by atoms with van der Waals surface area (Å²) in [6, 6.07) is 11.2. The zero-order valence-electron chi connectivity index (χ0n) is 18.8. The molecular weight excluding hydrogens is 380 g/mol. The highest BCUT2D eigenvalue weighted by Gasteiger charge is 2.32. The maximum absolute atomic E-state index is 6.62. The largest absolute Gasteiger partial charge is 0.456 e. The van der Waals surface area contributed by atoms with Gasteiger partial charge >= 0.3 is 0 Å². The molecule has 0 unspecified atom stereocenters. The van der Waals surface area contributed by atoms with E-state index in [1.165, 1.54) is 64.2 Å². The van der Waals surface area contributed by atoms with E-state index in [1.54, 1.807) is 0 Å². The number of hydrogen-bond acceptors (Lipinski definition) is 2. The van der Waals surface area contributed by atoms with E-state index in [-0.39, 0.29) is 0 Å². The van der Waals surface area contributed by atoms with Gasteiger partial charge in [-0.05, 0) is 84.0 Å². The Morgan fingerprint density at radius 2 is 1.84 bits per heavy atom. The fourth-order valence-corrected chi connectivity index (χ4v) is 5.73. The molecular formula is C28H29N2O+. The summed E-state index contributed by atoms with van der Waals surface area (Å²) in [4.78, 5) is 4.33. The van der Waals surface area contributed by atoms with Gasteiger partial charge in [0.05, 0.1) is 10.9 Å². The van der Waals surface area contributed by atoms with Crippen LogP contribution in [0, 0.1) is 12.3 Å². The Morgan fingerprint density at radius 3 is 2.65 bits per heavy atom. The molecule has 0 atom stereocenters. The van der Waals surface area contributed by atoms with Crippen molar-refractivity contribution < 1.29 is 9.30 Å². The average Bonchev–Trinajstić information content (AvgIpc) is 2.75. The minimum absolute atomic E-state index is 0.477. The minimum Gasteiger partial charge on any atom is -0.456 e. The summed E-state index contributed by atoms with van der Waals surface area (Å²) >= 11 is 0. The standard InChI is InChI=1S/C28H29N2O/c1-17-22-7-11-29-16-21(22)15-23-25(17)27-26-19(8-12-30(27)4)13-20(14-24(26)31-23)18-5-9-28(2,3)10-6-18/h7-8,11-16,18H,5-6,9-10H2,1-4H3/q+1. The van der Waals surface area contributed by atoms with E-state index >= 15 is 0 Å². The highest BCUT2D eigenvalue weighted by atomic mass is 16.5. The van der Waals surface area contributed by atoms with Crippen LogP contribution in [0.5, 0.6) is 11.5 Å². The Bertz CT molecular complexity index is 1360. The lowest BCUT2D eigenvalue weighted by Crippen LogP contribution is -2.31. The van der Waals surface area contributed by atoms with Crippen LogP contribution in [0.25, 0.3) is 32.8 Å². The lowest BCUT2D eigenvalue weighted by atomic mass is 9.71. The van der Waals surface area contributed by atoms with Gasteiger partial charge < -0.3 is 4.74 Å². The number of benzene rings is 2. The molecule has 0 radical (unpaired) electrons. The Kier molecular flexibility index (Phi) is 3.96. The predicted octanol–water partition coefficient (Wildman–Crippen LogP) is 6.98. The first-order chi connectivity index (χ1) is 14.9. The van der Waals surface area contributed by atoms with Crippen molar-refractivity contribution in [1.29, 1.82) is 0 Å². The van der Waals surface area contributed by atoms with Crippen LogP contribution in [-0.2, 0) is 7.05 Å². The third kappa shape index (κ3) is 2.86. The van der Waals surface area contributed by atoms with E-state index in [0.717, 1.165) is 16.9 Å². The molecule has 2 aromatic heterocycles. The molecule has 31 heavy (non-hydrogen) atoms. The zero-order chi connectivity index (χ0) is 21.3. The number of rotatable bonds is 1. The van der Waals surface area contributed by atoms with E-state index in [1.807, 2.05) is 12.4 Å². The summed E-state index contributed by atoms with van der Waals surface area (Å²) in [6.45, 7) is 7.01. The summed E-state index contributed by atoms with van der Waals surface area (Å²) in [5, 5.41) is 4.88. The molecule has 1 fully saturated rings. The molecule has 6 rings (SSSR count). The summed E-state index contributed by atoms with van der Waals surface area (Å²) in [6.07, 6.45) is 11.1. The van der Waals surface area contributed by atoms with Gasteiger partial charge in [0.2, 0.25) is 5.69 Å². The molecule has 1 saturated carbocycles. The molecule has 1 aliphatic carbocycles. The van der Waals surface area contributed by atoms with Crippen molar-refractivity contribution in [3.8, 4) is 22.8 Å². The van der Waals surface area contributed by atoms with Gasteiger partial charge in [0.25, 0.3) is 0 Å². The van der Waals surface area contributed by atoms with Crippen LogP contribution in [0.3, 0.4) is 0 Å². The highest BCUT2D eigenvalue weighted by molar-refractivity contribution is 6.05. The van der Waals surface area contributed by atoms with Crippen molar-refractivity contribution in [1.82, 2.24) is 4.98 Å². The first-order valence-electron chi connectivity index (χ1n) is 11.4. The molecule has 4 aromatic rings. The normalized spacial score (nSPS) is 17.5. The molecule has 0 spiro atoms. The zero-order valence-corrected chi connectivity index (χ0v) is 18.8. The number of aromatic nitrogens is 2. The van der Waals surface area contributed by atoms with Crippen molar-refractivity contribution in [2.24, 2.45) is 12.5 Å². The van der Waals surface area contributed by atoms with Gasteiger partial charge in [-0.3, -0.25) is 4.98 Å². The second-order valence-electron chi connectivity index (χ2n) is 10.3. The Balaban J connectivity index is 1.57. The predicted molar refractivity (Wildman–Crippen MR) is 126 cm³/mol. The van der Waals surface area contributed by atoms with Gasteiger partial charge in [0, 0.05) is 23.8 Å². The maximum Gasteiger partial charge on any atom is 0.228 e. The number of nitrogens with zero attached hydrogens (tertiary/aromatic N) is 2. The number of aryl methyl sites for hydroxylation is 2. The van der Waals surface area contributed by atoms with Crippen LogP contribution in [0.15, 0.2) is 48.9 Å². The Labute approximate surface area is 183 Å².